The number of benzene rings is 1. The molecule has 1 aliphatic heterocycles. The number of thioether (sulfide) groups is 1. The van der Waals surface area contributed by atoms with Crippen LogP contribution in [0.1, 0.15) is 25.0 Å². The summed E-state index contributed by atoms with van der Waals surface area (Å²) < 4.78 is 13.5. The molecule has 160 valence electrons. The van der Waals surface area contributed by atoms with Gasteiger partial charge in [0.1, 0.15) is 5.82 Å². The first kappa shape index (κ1) is 25.5. The van der Waals surface area contributed by atoms with Crippen LogP contribution in [-0.4, -0.2) is 74.4 Å². The zero-order valence-electron chi connectivity index (χ0n) is 17.5. The number of hydrogen-bond donors (Lipinski definition) is 2. The van der Waals surface area contributed by atoms with Crippen LogP contribution in [0.3, 0.4) is 0 Å². The number of hydrogen-bond acceptors (Lipinski definition) is 4. The van der Waals surface area contributed by atoms with Gasteiger partial charge >= 0.3 is 0 Å². The molecule has 0 amide bonds. The Morgan fingerprint density at radius 2 is 1.93 bits per heavy atom. The molecule has 0 spiro atoms. The van der Waals surface area contributed by atoms with Crippen LogP contribution in [0.5, 0.6) is 0 Å². The maximum Gasteiger partial charge on any atom is 0.191 e. The van der Waals surface area contributed by atoms with E-state index < -0.39 is 0 Å². The second-order valence-electron chi connectivity index (χ2n) is 7.11. The standard InChI is InChI=1S/C20H34FN5S.HI/c1-5-22-20(23-13-16(2)26-10-8-25(3)9-11-26)24-14-17-6-7-19(21)12-18(17)15-27-4;/h6-7,12,16H,5,8-11,13-15H2,1-4H3,(H2,22,23,24);1H. The Morgan fingerprint density at radius 1 is 1.21 bits per heavy atom. The van der Waals surface area contributed by atoms with Crippen molar-refractivity contribution in [2.24, 2.45) is 4.99 Å². The lowest BCUT2D eigenvalue weighted by Crippen LogP contribution is -2.52. The third-order valence-corrected chi connectivity index (χ3v) is 5.55. The van der Waals surface area contributed by atoms with Crippen molar-refractivity contribution < 1.29 is 4.39 Å². The van der Waals surface area contributed by atoms with Crippen LogP contribution in [-0.2, 0) is 12.3 Å². The molecule has 0 aromatic heterocycles. The molecule has 0 aliphatic carbocycles. The van der Waals surface area contributed by atoms with E-state index in [-0.39, 0.29) is 29.8 Å². The fourth-order valence-corrected chi connectivity index (χ4v) is 3.76. The van der Waals surface area contributed by atoms with Gasteiger partial charge < -0.3 is 15.5 Å². The summed E-state index contributed by atoms with van der Waals surface area (Å²) in [7, 11) is 2.18. The molecule has 1 atom stereocenters. The van der Waals surface area contributed by atoms with Gasteiger partial charge in [-0.15, -0.1) is 24.0 Å². The van der Waals surface area contributed by atoms with E-state index in [0.29, 0.717) is 12.6 Å². The second-order valence-corrected chi connectivity index (χ2v) is 7.98. The Morgan fingerprint density at radius 3 is 2.57 bits per heavy atom. The number of aliphatic imine (C=N–C) groups is 1. The molecule has 1 unspecified atom stereocenters. The largest absolute Gasteiger partial charge is 0.357 e. The monoisotopic (exact) mass is 523 g/mol. The van der Waals surface area contributed by atoms with Gasteiger partial charge in [0, 0.05) is 51.1 Å². The minimum atomic E-state index is -0.183. The molecular formula is C20H35FIN5S. The van der Waals surface area contributed by atoms with Crippen LogP contribution < -0.4 is 10.6 Å². The van der Waals surface area contributed by atoms with Gasteiger partial charge in [-0.05, 0) is 50.4 Å². The number of halogens is 2. The van der Waals surface area contributed by atoms with Gasteiger partial charge in [0.25, 0.3) is 0 Å². The average Bonchev–Trinajstić information content (AvgIpc) is 2.65. The molecule has 1 fully saturated rings. The normalized spacial score (nSPS) is 17.1. The van der Waals surface area contributed by atoms with Crippen molar-refractivity contribution in [3.63, 3.8) is 0 Å². The zero-order chi connectivity index (χ0) is 19.6. The quantitative estimate of drug-likeness (QED) is 0.312. The average molecular weight is 524 g/mol. The molecule has 1 aliphatic rings. The SMILES string of the molecule is CCNC(=NCc1ccc(F)cc1CSC)NCC(C)N1CCN(C)CC1.I. The fraction of sp³-hybridized carbons (Fsp3) is 0.650. The van der Waals surface area contributed by atoms with E-state index in [9.17, 15) is 4.39 Å². The van der Waals surface area contributed by atoms with Crippen LogP contribution in [0.15, 0.2) is 23.2 Å². The predicted molar refractivity (Wildman–Crippen MR) is 130 cm³/mol. The number of rotatable bonds is 8. The molecular weight excluding hydrogens is 488 g/mol. The molecule has 2 rings (SSSR count). The fourth-order valence-electron chi connectivity index (χ4n) is 3.18. The zero-order valence-corrected chi connectivity index (χ0v) is 20.6. The molecule has 1 saturated heterocycles. The smallest absolute Gasteiger partial charge is 0.191 e. The maximum absolute atomic E-state index is 13.5. The molecule has 1 aromatic rings. The molecule has 0 bridgehead atoms. The summed E-state index contributed by atoms with van der Waals surface area (Å²) in [6, 6.07) is 5.45. The van der Waals surface area contributed by atoms with Crippen molar-refractivity contribution in [1.29, 1.82) is 0 Å². The molecule has 0 saturated carbocycles. The summed E-state index contributed by atoms with van der Waals surface area (Å²) in [5.41, 5.74) is 2.10. The number of nitrogens with zero attached hydrogens (tertiary/aromatic N) is 3. The van der Waals surface area contributed by atoms with Gasteiger partial charge in [0.05, 0.1) is 6.54 Å². The lowest BCUT2D eigenvalue weighted by molar-refractivity contribution is 0.120. The van der Waals surface area contributed by atoms with Crippen LogP contribution >= 0.6 is 35.7 Å². The van der Waals surface area contributed by atoms with Gasteiger partial charge in [-0.2, -0.15) is 11.8 Å². The molecule has 28 heavy (non-hydrogen) atoms. The first-order chi connectivity index (χ1) is 13.0. The minimum absolute atomic E-state index is 0. The molecule has 2 N–H and O–H groups in total. The summed E-state index contributed by atoms with van der Waals surface area (Å²) in [5.74, 6) is 1.43. The molecule has 8 heteroatoms. The summed E-state index contributed by atoms with van der Waals surface area (Å²) >= 11 is 1.70. The topological polar surface area (TPSA) is 42.9 Å². The summed E-state index contributed by atoms with van der Waals surface area (Å²) in [4.78, 5) is 9.61. The Labute approximate surface area is 190 Å². The third-order valence-electron chi connectivity index (χ3n) is 4.95. The second kappa shape index (κ2) is 13.6. The first-order valence-corrected chi connectivity index (χ1v) is 11.1. The highest BCUT2D eigenvalue weighted by molar-refractivity contribution is 14.0. The number of piperazine rings is 1. The molecule has 0 radical (unpaired) electrons. The maximum atomic E-state index is 13.5. The number of guanidine groups is 1. The minimum Gasteiger partial charge on any atom is -0.357 e. The highest BCUT2D eigenvalue weighted by Crippen LogP contribution is 2.17. The van der Waals surface area contributed by atoms with Crippen molar-refractivity contribution >= 4 is 41.7 Å². The van der Waals surface area contributed by atoms with E-state index in [1.54, 1.807) is 17.8 Å². The van der Waals surface area contributed by atoms with Crippen molar-refractivity contribution in [3.8, 4) is 0 Å². The van der Waals surface area contributed by atoms with E-state index in [0.717, 1.165) is 62.1 Å². The van der Waals surface area contributed by atoms with Crippen molar-refractivity contribution in [3.05, 3.63) is 35.1 Å². The Balaban J connectivity index is 0.00000392. The van der Waals surface area contributed by atoms with Crippen molar-refractivity contribution in [1.82, 2.24) is 20.4 Å². The molecule has 1 heterocycles. The van der Waals surface area contributed by atoms with Gasteiger partial charge in [-0.3, -0.25) is 4.90 Å². The van der Waals surface area contributed by atoms with Crippen molar-refractivity contribution in [2.45, 2.75) is 32.2 Å². The van der Waals surface area contributed by atoms with Gasteiger partial charge in [-0.1, -0.05) is 6.07 Å². The van der Waals surface area contributed by atoms with Crippen molar-refractivity contribution in [2.75, 3.05) is 52.6 Å². The summed E-state index contributed by atoms with van der Waals surface area (Å²) in [5, 5.41) is 6.78. The highest BCUT2D eigenvalue weighted by atomic mass is 127. The van der Waals surface area contributed by atoms with Gasteiger partial charge in [0.15, 0.2) is 5.96 Å². The van der Waals surface area contributed by atoms with E-state index in [1.807, 2.05) is 12.3 Å². The van der Waals surface area contributed by atoms with Crippen LogP contribution in [0, 0.1) is 5.82 Å². The molecule has 1 aromatic carbocycles. The van der Waals surface area contributed by atoms with E-state index in [1.165, 1.54) is 6.07 Å². The number of likely N-dealkylation sites (N-methyl/N-ethyl adjacent to an activating group) is 1. The highest BCUT2D eigenvalue weighted by Gasteiger charge is 2.19. The van der Waals surface area contributed by atoms with Gasteiger partial charge in [-0.25, -0.2) is 9.38 Å². The Bertz CT molecular complexity index is 608. The molecule has 5 nitrogen and oxygen atoms in total. The van der Waals surface area contributed by atoms with E-state index in [2.05, 4.69) is 41.3 Å². The van der Waals surface area contributed by atoms with Crippen LogP contribution in [0.2, 0.25) is 0 Å². The third kappa shape index (κ3) is 8.42. The van der Waals surface area contributed by atoms with Gasteiger partial charge in [0.2, 0.25) is 0 Å². The number of nitrogens with one attached hydrogen (secondary N) is 2. The first-order valence-electron chi connectivity index (χ1n) is 9.74. The van der Waals surface area contributed by atoms with E-state index >= 15 is 0 Å². The summed E-state index contributed by atoms with van der Waals surface area (Å²) in [6.07, 6.45) is 2.03. The Hall–Kier alpha value is -0.580. The summed E-state index contributed by atoms with van der Waals surface area (Å²) in [6.45, 7) is 11.0. The lowest BCUT2D eigenvalue weighted by atomic mass is 10.1. The lowest BCUT2D eigenvalue weighted by Gasteiger charge is -2.36. The predicted octanol–water partition coefficient (Wildman–Crippen LogP) is 3.00. The van der Waals surface area contributed by atoms with E-state index in [4.69, 9.17) is 4.99 Å². The van der Waals surface area contributed by atoms with Crippen LogP contribution in [0.25, 0.3) is 0 Å². The van der Waals surface area contributed by atoms with Crippen LogP contribution in [0.4, 0.5) is 4.39 Å². The Kier molecular flexibility index (Phi) is 12.4.